The Hall–Kier alpha value is -2.74. The second kappa shape index (κ2) is 6.40. The Kier molecular flexibility index (Phi) is 4.30. The molecule has 0 aliphatic carbocycles. The summed E-state index contributed by atoms with van der Waals surface area (Å²) in [6.07, 6.45) is 0.699. The molecule has 1 fully saturated rings. The lowest BCUT2D eigenvalue weighted by Crippen LogP contribution is -2.52. The minimum absolute atomic E-state index is 0.189. The van der Waals surface area contributed by atoms with Crippen LogP contribution in [0.2, 0.25) is 0 Å². The summed E-state index contributed by atoms with van der Waals surface area (Å²) in [6, 6.07) is 4.40. The van der Waals surface area contributed by atoms with E-state index >= 15 is 0 Å². The van der Waals surface area contributed by atoms with Crippen LogP contribution in [-0.2, 0) is 20.9 Å². The molecular formula is C16H18N4O4. The Labute approximate surface area is 138 Å². The van der Waals surface area contributed by atoms with E-state index in [2.05, 4.69) is 10.6 Å². The molecule has 1 unspecified atom stereocenters. The van der Waals surface area contributed by atoms with Crippen molar-refractivity contribution in [1.29, 1.82) is 0 Å². The van der Waals surface area contributed by atoms with Crippen molar-refractivity contribution in [2.24, 2.45) is 5.73 Å². The van der Waals surface area contributed by atoms with Crippen molar-refractivity contribution < 1.29 is 19.2 Å². The highest BCUT2D eigenvalue weighted by molar-refractivity contribution is 6.06. The smallest absolute Gasteiger partial charge is 0.255 e. The third-order valence-corrected chi connectivity index (χ3v) is 4.23. The SMILES string of the molecule is NCCC(=O)Nc1cccc2c1CN(C1CCC(=O)NC1=O)C2=O. The molecule has 2 aliphatic rings. The maximum absolute atomic E-state index is 12.6. The van der Waals surface area contributed by atoms with Crippen LogP contribution < -0.4 is 16.4 Å². The van der Waals surface area contributed by atoms with Crippen molar-refractivity contribution in [3.8, 4) is 0 Å². The Morgan fingerprint density at radius 2 is 2.12 bits per heavy atom. The summed E-state index contributed by atoms with van der Waals surface area (Å²) in [5.74, 6) is -1.27. The Morgan fingerprint density at radius 3 is 2.83 bits per heavy atom. The summed E-state index contributed by atoms with van der Waals surface area (Å²) in [7, 11) is 0. The second-order valence-electron chi connectivity index (χ2n) is 5.82. The van der Waals surface area contributed by atoms with Gasteiger partial charge in [0.25, 0.3) is 5.91 Å². The zero-order valence-corrected chi connectivity index (χ0v) is 13.0. The van der Waals surface area contributed by atoms with Gasteiger partial charge in [-0.2, -0.15) is 0 Å². The van der Waals surface area contributed by atoms with E-state index in [9.17, 15) is 19.2 Å². The number of amides is 4. The van der Waals surface area contributed by atoms with Crippen LogP contribution in [0.4, 0.5) is 5.69 Å². The molecule has 0 radical (unpaired) electrons. The number of hydrogen-bond acceptors (Lipinski definition) is 5. The molecule has 4 N–H and O–H groups in total. The molecule has 126 valence electrons. The van der Waals surface area contributed by atoms with Gasteiger partial charge in [0, 0.05) is 42.7 Å². The van der Waals surface area contributed by atoms with E-state index in [0.717, 1.165) is 0 Å². The summed E-state index contributed by atoms with van der Waals surface area (Å²) < 4.78 is 0. The quantitative estimate of drug-likeness (QED) is 0.656. The largest absolute Gasteiger partial charge is 0.330 e. The van der Waals surface area contributed by atoms with Crippen molar-refractivity contribution in [1.82, 2.24) is 10.2 Å². The third kappa shape index (κ3) is 2.88. The highest BCUT2D eigenvalue weighted by Gasteiger charge is 2.39. The lowest BCUT2D eigenvalue weighted by molar-refractivity contribution is -0.137. The molecule has 1 aromatic carbocycles. The van der Waals surface area contributed by atoms with Gasteiger partial charge in [-0.15, -0.1) is 0 Å². The molecule has 3 rings (SSSR count). The van der Waals surface area contributed by atoms with Crippen molar-refractivity contribution in [3.63, 3.8) is 0 Å². The van der Waals surface area contributed by atoms with Gasteiger partial charge in [-0.3, -0.25) is 24.5 Å². The van der Waals surface area contributed by atoms with Gasteiger partial charge < -0.3 is 16.0 Å². The van der Waals surface area contributed by atoms with E-state index in [4.69, 9.17) is 5.73 Å². The molecule has 24 heavy (non-hydrogen) atoms. The van der Waals surface area contributed by atoms with Crippen LogP contribution >= 0.6 is 0 Å². The first-order valence-corrected chi connectivity index (χ1v) is 7.77. The molecule has 0 aromatic heterocycles. The van der Waals surface area contributed by atoms with Crippen LogP contribution in [0.25, 0.3) is 0 Å². The van der Waals surface area contributed by atoms with Gasteiger partial charge in [-0.25, -0.2) is 0 Å². The second-order valence-corrected chi connectivity index (χ2v) is 5.82. The summed E-state index contributed by atoms with van der Waals surface area (Å²) in [5, 5.41) is 5.01. The minimum atomic E-state index is -0.671. The Morgan fingerprint density at radius 1 is 1.33 bits per heavy atom. The van der Waals surface area contributed by atoms with Gasteiger partial charge in [-0.1, -0.05) is 6.07 Å². The van der Waals surface area contributed by atoms with E-state index in [1.165, 1.54) is 4.90 Å². The molecule has 0 bridgehead atoms. The first-order chi connectivity index (χ1) is 11.5. The fourth-order valence-corrected chi connectivity index (χ4v) is 3.05. The number of imide groups is 1. The monoisotopic (exact) mass is 330 g/mol. The number of fused-ring (bicyclic) bond motifs is 1. The maximum atomic E-state index is 12.6. The average molecular weight is 330 g/mol. The lowest BCUT2D eigenvalue weighted by Gasteiger charge is -2.29. The summed E-state index contributed by atoms with van der Waals surface area (Å²) in [5.41, 5.74) is 7.06. The maximum Gasteiger partial charge on any atom is 0.255 e. The highest BCUT2D eigenvalue weighted by atomic mass is 16.2. The molecule has 2 aliphatic heterocycles. The predicted molar refractivity (Wildman–Crippen MR) is 84.8 cm³/mol. The molecule has 2 heterocycles. The van der Waals surface area contributed by atoms with E-state index in [1.807, 2.05) is 0 Å². The molecule has 8 nitrogen and oxygen atoms in total. The zero-order chi connectivity index (χ0) is 17.3. The van der Waals surface area contributed by atoms with Crippen LogP contribution in [0.3, 0.4) is 0 Å². The molecule has 8 heteroatoms. The van der Waals surface area contributed by atoms with E-state index in [-0.39, 0.29) is 43.7 Å². The summed E-state index contributed by atoms with van der Waals surface area (Å²) in [6.45, 7) is 0.460. The van der Waals surface area contributed by atoms with Crippen LogP contribution in [-0.4, -0.2) is 41.1 Å². The number of carbonyl (C=O) groups excluding carboxylic acids is 4. The first kappa shape index (κ1) is 16.1. The Balaban J connectivity index is 1.83. The number of rotatable bonds is 4. The fraction of sp³-hybridized carbons (Fsp3) is 0.375. The van der Waals surface area contributed by atoms with Gasteiger partial charge in [0.05, 0.1) is 0 Å². The van der Waals surface area contributed by atoms with Crippen LogP contribution in [0.1, 0.15) is 35.2 Å². The van der Waals surface area contributed by atoms with Gasteiger partial charge in [0.1, 0.15) is 6.04 Å². The van der Waals surface area contributed by atoms with Crippen molar-refractivity contribution in [3.05, 3.63) is 29.3 Å². The van der Waals surface area contributed by atoms with Crippen LogP contribution in [0.15, 0.2) is 18.2 Å². The standard InChI is InChI=1S/C16H18N4O4/c17-7-6-14(22)18-11-3-1-2-9-10(11)8-20(16(9)24)12-4-5-13(21)19-15(12)23/h1-3,12H,4-8,17H2,(H,18,22)(H,19,21,23). The van der Waals surface area contributed by atoms with Gasteiger partial charge in [0.15, 0.2) is 0 Å². The molecule has 1 aromatic rings. The van der Waals surface area contributed by atoms with Crippen molar-refractivity contribution in [2.75, 3.05) is 11.9 Å². The summed E-state index contributed by atoms with van der Waals surface area (Å²) in [4.78, 5) is 49.1. The molecule has 0 spiro atoms. The molecule has 1 atom stereocenters. The average Bonchev–Trinajstić information content (AvgIpc) is 2.86. The number of nitrogens with zero attached hydrogens (tertiary/aromatic N) is 1. The van der Waals surface area contributed by atoms with Crippen LogP contribution in [0.5, 0.6) is 0 Å². The Bertz CT molecular complexity index is 731. The zero-order valence-electron chi connectivity index (χ0n) is 13.0. The third-order valence-electron chi connectivity index (χ3n) is 4.23. The van der Waals surface area contributed by atoms with Crippen LogP contribution in [0, 0.1) is 0 Å². The highest BCUT2D eigenvalue weighted by Crippen LogP contribution is 2.32. The number of carbonyl (C=O) groups is 4. The number of hydrogen-bond donors (Lipinski definition) is 3. The number of anilines is 1. The van der Waals surface area contributed by atoms with Gasteiger partial charge in [0.2, 0.25) is 17.7 Å². The number of benzene rings is 1. The van der Waals surface area contributed by atoms with Gasteiger partial charge in [-0.05, 0) is 18.6 Å². The number of nitrogens with one attached hydrogen (secondary N) is 2. The molecule has 1 saturated heterocycles. The topological polar surface area (TPSA) is 122 Å². The lowest BCUT2D eigenvalue weighted by atomic mass is 10.0. The first-order valence-electron chi connectivity index (χ1n) is 7.77. The molecular weight excluding hydrogens is 312 g/mol. The molecule has 4 amide bonds. The normalized spacial score (nSPS) is 20.0. The number of nitrogens with two attached hydrogens (primary N) is 1. The van der Waals surface area contributed by atoms with E-state index in [0.29, 0.717) is 23.2 Å². The fourth-order valence-electron chi connectivity index (χ4n) is 3.05. The minimum Gasteiger partial charge on any atom is -0.330 e. The van der Waals surface area contributed by atoms with Gasteiger partial charge >= 0.3 is 0 Å². The van der Waals surface area contributed by atoms with Crippen molar-refractivity contribution in [2.45, 2.75) is 31.8 Å². The number of piperidine rings is 1. The summed E-state index contributed by atoms with van der Waals surface area (Å²) >= 11 is 0. The van der Waals surface area contributed by atoms with Crippen molar-refractivity contribution >= 4 is 29.3 Å². The molecule has 0 saturated carbocycles. The van der Waals surface area contributed by atoms with E-state index < -0.39 is 11.9 Å². The predicted octanol–water partition coefficient (Wildman–Crippen LogP) is -0.265. The van der Waals surface area contributed by atoms with E-state index in [1.54, 1.807) is 18.2 Å².